The lowest BCUT2D eigenvalue weighted by atomic mass is 10.1. The van der Waals surface area contributed by atoms with E-state index in [0.717, 1.165) is 21.6 Å². The number of hydrogen-bond acceptors (Lipinski definition) is 4. The molecule has 33 heavy (non-hydrogen) atoms. The van der Waals surface area contributed by atoms with E-state index in [1.54, 1.807) is 48.5 Å². The van der Waals surface area contributed by atoms with Crippen molar-refractivity contribution >= 4 is 41.2 Å². The van der Waals surface area contributed by atoms with Gasteiger partial charge in [-0.15, -0.1) is 0 Å². The van der Waals surface area contributed by atoms with Crippen LogP contribution in [-0.4, -0.2) is 17.8 Å². The molecule has 3 aromatic carbocycles. The Kier molecular flexibility index (Phi) is 6.29. The van der Waals surface area contributed by atoms with Crippen molar-refractivity contribution in [3.63, 3.8) is 0 Å². The van der Waals surface area contributed by atoms with Gasteiger partial charge in [-0.1, -0.05) is 41.9 Å². The topological polar surface area (TPSA) is 75.7 Å². The fourth-order valence-corrected chi connectivity index (χ4v) is 3.46. The third-order valence-corrected chi connectivity index (χ3v) is 5.61. The quantitative estimate of drug-likeness (QED) is 0.419. The van der Waals surface area contributed by atoms with Crippen molar-refractivity contribution in [3.05, 3.63) is 99.6 Å². The van der Waals surface area contributed by atoms with Gasteiger partial charge in [0.1, 0.15) is 17.9 Å². The number of anilines is 1. The number of amides is 4. The van der Waals surface area contributed by atoms with Gasteiger partial charge in [-0.2, -0.15) is 0 Å². The van der Waals surface area contributed by atoms with Gasteiger partial charge in [0.15, 0.2) is 0 Å². The second-order valence-corrected chi connectivity index (χ2v) is 8.15. The molecule has 0 aliphatic carbocycles. The van der Waals surface area contributed by atoms with Crippen LogP contribution in [0.4, 0.5) is 10.5 Å². The third-order valence-electron chi connectivity index (χ3n) is 5.36. The van der Waals surface area contributed by atoms with Gasteiger partial charge < -0.3 is 4.74 Å². The molecule has 1 fully saturated rings. The lowest BCUT2D eigenvalue weighted by Crippen LogP contribution is -2.54. The minimum Gasteiger partial charge on any atom is -0.489 e. The highest BCUT2D eigenvalue weighted by atomic mass is 35.5. The highest BCUT2D eigenvalue weighted by molar-refractivity contribution is 6.39. The van der Waals surface area contributed by atoms with Crippen LogP contribution in [0.25, 0.3) is 6.08 Å². The number of nitrogens with zero attached hydrogens (tertiary/aromatic N) is 1. The van der Waals surface area contributed by atoms with Crippen LogP contribution in [-0.2, 0) is 16.2 Å². The minimum atomic E-state index is -0.767. The molecule has 0 saturated carbocycles. The van der Waals surface area contributed by atoms with Crippen LogP contribution >= 0.6 is 11.6 Å². The number of carbonyl (C=O) groups is 3. The number of aryl methyl sites for hydroxylation is 2. The summed E-state index contributed by atoms with van der Waals surface area (Å²) in [6.45, 7) is 4.21. The Morgan fingerprint density at radius 2 is 1.61 bits per heavy atom. The van der Waals surface area contributed by atoms with Crippen molar-refractivity contribution in [2.45, 2.75) is 20.5 Å². The van der Waals surface area contributed by atoms with Gasteiger partial charge in [-0.05, 0) is 78.6 Å². The van der Waals surface area contributed by atoms with Crippen LogP contribution in [0.15, 0.2) is 72.3 Å². The van der Waals surface area contributed by atoms with E-state index in [-0.39, 0.29) is 5.57 Å². The second kappa shape index (κ2) is 9.30. The Labute approximate surface area is 196 Å². The molecule has 0 aromatic heterocycles. The number of urea groups is 1. The number of imide groups is 2. The Morgan fingerprint density at radius 1 is 0.909 bits per heavy atom. The molecule has 1 heterocycles. The van der Waals surface area contributed by atoms with Crippen LogP contribution < -0.4 is 15.0 Å². The average molecular weight is 461 g/mol. The van der Waals surface area contributed by atoms with Crippen LogP contribution in [0.1, 0.15) is 22.3 Å². The summed E-state index contributed by atoms with van der Waals surface area (Å²) in [7, 11) is 0. The molecule has 0 atom stereocenters. The molecule has 166 valence electrons. The van der Waals surface area contributed by atoms with E-state index in [4.69, 9.17) is 16.3 Å². The SMILES string of the molecule is Cc1ccc(N2C(=O)NC(=O)/C(=C\c3ccc(OCc4ccc(Cl)cc4)cc3)C2=O)cc1C. The molecule has 0 radical (unpaired) electrons. The van der Waals surface area contributed by atoms with Crippen molar-refractivity contribution in [2.24, 2.45) is 0 Å². The number of nitrogens with one attached hydrogen (secondary N) is 1. The van der Waals surface area contributed by atoms with Crippen LogP contribution in [0.2, 0.25) is 5.02 Å². The summed E-state index contributed by atoms with van der Waals surface area (Å²) in [4.78, 5) is 38.8. The lowest BCUT2D eigenvalue weighted by molar-refractivity contribution is -0.122. The van der Waals surface area contributed by atoms with Gasteiger partial charge >= 0.3 is 6.03 Å². The molecule has 0 spiro atoms. The number of rotatable bonds is 5. The Hall–Kier alpha value is -3.90. The van der Waals surface area contributed by atoms with E-state index in [2.05, 4.69) is 5.32 Å². The van der Waals surface area contributed by atoms with Crippen molar-refractivity contribution in [1.29, 1.82) is 0 Å². The molecular formula is C26H21ClN2O4. The fraction of sp³-hybridized carbons (Fsp3) is 0.115. The Morgan fingerprint density at radius 3 is 2.27 bits per heavy atom. The van der Waals surface area contributed by atoms with E-state index in [1.165, 1.54) is 6.08 Å². The van der Waals surface area contributed by atoms with Crippen molar-refractivity contribution in [3.8, 4) is 5.75 Å². The maximum absolute atomic E-state index is 13.0. The molecule has 1 aliphatic rings. The number of ether oxygens (including phenoxy) is 1. The maximum atomic E-state index is 13.0. The molecule has 3 aromatic rings. The van der Waals surface area contributed by atoms with Crippen molar-refractivity contribution < 1.29 is 19.1 Å². The summed E-state index contributed by atoms with van der Waals surface area (Å²) < 4.78 is 5.77. The zero-order valence-corrected chi connectivity index (χ0v) is 18.8. The zero-order chi connectivity index (χ0) is 23.5. The smallest absolute Gasteiger partial charge is 0.335 e. The Balaban J connectivity index is 1.52. The zero-order valence-electron chi connectivity index (χ0n) is 18.1. The van der Waals surface area contributed by atoms with E-state index in [0.29, 0.717) is 28.6 Å². The molecule has 1 aliphatic heterocycles. The van der Waals surface area contributed by atoms with Crippen molar-refractivity contribution in [1.82, 2.24) is 5.32 Å². The summed E-state index contributed by atoms with van der Waals surface area (Å²) >= 11 is 5.89. The third kappa shape index (κ3) is 4.96. The number of benzene rings is 3. The van der Waals surface area contributed by atoms with E-state index >= 15 is 0 Å². The summed E-state index contributed by atoms with van der Waals surface area (Å²) in [5.74, 6) is -0.762. The minimum absolute atomic E-state index is 0.123. The van der Waals surface area contributed by atoms with Gasteiger partial charge in [0.25, 0.3) is 11.8 Å². The lowest BCUT2D eigenvalue weighted by Gasteiger charge is -2.26. The standard InChI is InChI=1S/C26H21ClN2O4/c1-16-3-10-21(13-17(16)2)29-25(31)23(24(30)28-26(29)32)14-18-6-11-22(12-7-18)33-15-19-4-8-20(27)9-5-19/h3-14H,15H2,1-2H3,(H,28,30,32)/b23-14+. The molecular weight excluding hydrogens is 440 g/mol. The Bertz CT molecular complexity index is 1260. The molecule has 7 heteroatoms. The fourth-order valence-electron chi connectivity index (χ4n) is 3.33. The first-order chi connectivity index (χ1) is 15.8. The summed E-state index contributed by atoms with van der Waals surface area (Å²) in [6.07, 6.45) is 1.46. The summed E-state index contributed by atoms with van der Waals surface area (Å²) in [5, 5.41) is 2.90. The monoisotopic (exact) mass is 460 g/mol. The first-order valence-electron chi connectivity index (χ1n) is 10.3. The molecule has 6 nitrogen and oxygen atoms in total. The molecule has 1 saturated heterocycles. The van der Waals surface area contributed by atoms with Gasteiger partial charge in [-0.25, -0.2) is 9.69 Å². The first-order valence-corrected chi connectivity index (χ1v) is 10.7. The molecule has 0 bridgehead atoms. The largest absolute Gasteiger partial charge is 0.489 e. The second-order valence-electron chi connectivity index (χ2n) is 7.71. The van der Waals surface area contributed by atoms with Gasteiger partial charge in [0.05, 0.1) is 5.69 Å². The van der Waals surface area contributed by atoms with E-state index in [1.807, 2.05) is 32.0 Å². The maximum Gasteiger partial charge on any atom is 0.335 e. The predicted octanol–water partition coefficient (Wildman–Crippen LogP) is 5.20. The summed E-state index contributed by atoms with van der Waals surface area (Å²) in [6, 6.07) is 18.8. The highest BCUT2D eigenvalue weighted by Crippen LogP contribution is 2.25. The van der Waals surface area contributed by atoms with Crippen LogP contribution in [0.5, 0.6) is 5.75 Å². The molecule has 1 N–H and O–H groups in total. The first kappa shape index (κ1) is 22.3. The van der Waals surface area contributed by atoms with E-state index < -0.39 is 17.8 Å². The number of barbiturate groups is 1. The van der Waals surface area contributed by atoms with Crippen molar-refractivity contribution in [2.75, 3.05) is 4.90 Å². The normalized spacial score (nSPS) is 15.1. The van der Waals surface area contributed by atoms with Crippen LogP contribution in [0.3, 0.4) is 0 Å². The summed E-state index contributed by atoms with van der Waals surface area (Å²) in [5.41, 5.74) is 3.86. The van der Waals surface area contributed by atoms with Gasteiger partial charge in [-0.3, -0.25) is 14.9 Å². The average Bonchev–Trinajstić information content (AvgIpc) is 2.79. The molecule has 4 rings (SSSR count). The molecule has 4 amide bonds. The van der Waals surface area contributed by atoms with Crippen LogP contribution in [0, 0.1) is 13.8 Å². The molecule has 0 unspecified atom stereocenters. The number of hydrogen-bond donors (Lipinski definition) is 1. The number of halogens is 1. The van der Waals surface area contributed by atoms with Gasteiger partial charge in [0, 0.05) is 5.02 Å². The van der Waals surface area contributed by atoms with Gasteiger partial charge in [0.2, 0.25) is 0 Å². The number of carbonyl (C=O) groups excluding carboxylic acids is 3. The van der Waals surface area contributed by atoms with E-state index in [9.17, 15) is 14.4 Å². The predicted molar refractivity (Wildman–Crippen MR) is 127 cm³/mol. The highest BCUT2D eigenvalue weighted by Gasteiger charge is 2.36.